The highest BCUT2D eigenvalue weighted by Crippen LogP contribution is 2.05. The van der Waals surface area contributed by atoms with E-state index < -0.39 is 0 Å². The molecule has 0 aromatic rings. The molecule has 1 heterocycles. The lowest BCUT2D eigenvalue weighted by atomic mass is 10.1. The van der Waals surface area contributed by atoms with E-state index in [1.807, 2.05) is 13.0 Å². The van der Waals surface area contributed by atoms with Crippen LogP contribution in [-0.2, 0) is 4.79 Å². The van der Waals surface area contributed by atoms with Gasteiger partial charge >= 0.3 is 0 Å². The maximum absolute atomic E-state index is 10.8. The maximum atomic E-state index is 10.8. The van der Waals surface area contributed by atoms with E-state index in [0.717, 1.165) is 25.0 Å². The zero-order valence-electron chi connectivity index (χ0n) is 5.61. The van der Waals surface area contributed by atoms with Crippen molar-refractivity contribution in [3.8, 4) is 0 Å². The highest BCUT2D eigenvalue weighted by atomic mass is 16.1. The first-order chi connectivity index (χ1) is 4.34. The molecule has 9 heavy (non-hydrogen) atoms. The van der Waals surface area contributed by atoms with Gasteiger partial charge in [-0.3, -0.25) is 4.79 Å². The van der Waals surface area contributed by atoms with E-state index in [1.165, 1.54) is 0 Å². The molecule has 1 rings (SSSR count). The molecule has 1 amide bonds. The van der Waals surface area contributed by atoms with Gasteiger partial charge in [-0.1, -0.05) is 13.0 Å². The number of hydrogen-bond acceptors (Lipinski definition) is 1. The molecule has 0 bridgehead atoms. The van der Waals surface area contributed by atoms with Crippen LogP contribution in [0, 0.1) is 0 Å². The number of carbonyl (C=O) groups is 1. The third kappa shape index (κ3) is 1.31. The van der Waals surface area contributed by atoms with Gasteiger partial charge < -0.3 is 5.32 Å². The molecule has 0 aromatic carbocycles. The van der Waals surface area contributed by atoms with Gasteiger partial charge in [0.2, 0.25) is 5.91 Å². The second kappa shape index (κ2) is 2.67. The predicted molar refractivity (Wildman–Crippen MR) is 36.0 cm³/mol. The number of hydrogen-bond donors (Lipinski definition) is 1. The fraction of sp³-hybridized carbons (Fsp3) is 0.571. The van der Waals surface area contributed by atoms with Crippen LogP contribution < -0.4 is 5.32 Å². The van der Waals surface area contributed by atoms with Gasteiger partial charge in [-0.25, -0.2) is 0 Å². The summed E-state index contributed by atoms with van der Waals surface area (Å²) in [6, 6.07) is 0. The molecule has 0 saturated heterocycles. The largest absolute Gasteiger partial charge is 0.352 e. The van der Waals surface area contributed by atoms with E-state index >= 15 is 0 Å². The fourth-order valence-corrected chi connectivity index (χ4v) is 0.943. The fourth-order valence-electron chi connectivity index (χ4n) is 0.943. The van der Waals surface area contributed by atoms with Crippen molar-refractivity contribution in [3.63, 3.8) is 0 Å². The average molecular weight is 125 g/mol. The van der Waals surface area contributed by atoms with Crippen molar-refractivity contribution >= 4 is 5.91 Å². The van der Waals surface area contributed by atoms with Gasteiger partial charge in [-0.2, -0.15) is 0 Å². The smallest absolute Gasteiger partial charge is 0.246 e. The van der Waals surface area contributed by atoms with Gasteiger partial charge in [-0.05, 0) is 12.8 Å². The van der Waals surface area contributed by atoms with E-state index in [9.17, 15) is 4.79 Å². The van der Waals surface area contributed by atoms with E-state index in [0.29, 0.717) is 0 Å². The molecule has 1 aliphatic heterocycles. The molecule has 0 fully saturated rings. The molecule has 0 spiro atoms. The third-order valence-corrected chi connectivity index (χ3v) is 1.49. The van der Waals surface area contributed by atoms with E-state index in [1.54, 1.807) is 0 Å². The Morgan fingerprint density at radius 1 is 1.78 bits per heavy atom. The zero-order chi connectivity index (χ0) is 6.69. The van der Waals surface area contributed by atoms with Gasteiger partial charge in [0.05, 0.1) is 0 Å². The summed E-state index contributed by atoms with van der Waals surface area (Å²) in [5, 5.41) is 2.78. The van der Waals surface area contributed by atoms with E-state index in [-0.39, 0.29) is 5.91 Å². The Morgan fingerprint density at radius 2 is 2.56 bits per heavy atom. The summed E-state index contributed by atoms with van der Waals surface area (Å²) in [6.45, 7) is 2.80. The molecule has 1 aliphatic rings. The number of rotatable bonds is 1. The van der Waals surface area contributed by atoms with Crippen molar-refractivity contribution < 1.29 is 4.79 Å². The molecule has 0 aromatic heterocycles. The Bertz CT molecular complexity index is 149. The second-order valence-corrected chi connectivity index (χ2v) is 2.13. The lowest BCUT2D eigenvalue weighted by molar-refractivity contribution is -0.117. The molecule has 0 radical (unpaired) electrons. The molecule has 2 heteroatoms. The van der Waals surface area contributed by atoms with Crippen LogP contribution in [-0.4, -0.2) is 12.5 Å². The Labute approximate surface area is 54.9 Å². The van der Waals surface area contributed by atoms with Gasteiger partial charge in [0, 0.05) is 12.1 Å². The lowest BCUT2D eigenvalue weighted by Gasteiger charge is -2.10. The minimum Gasteiger partial charge on any atom is -0.352 e. The Balaban J connectivity index is 2.64. The minimum absolute atomic E-state index is 0.115. The van der Waals surface area contributed by atoms with Crippen LogP contribution in [0.15, 0.2) is 11.6 Å². The van der Waals surface area contributed by atoms with Crippen molar-refractivity contribution in [1.82, 2.24) is 5.32 Å². The summed E-state index contributed by atoms with van der Waals surface area (Å²) in [6.07, 6.45) is 3.86. The highest BCUT2D eigenvalue weighted by molar-refractivity contribution is 5.93. The Hall–Kier alpha value is -0.790. The summed E-state index contributed by atoms with van der Waals surface area (Å²) < 4.78 is 0. The summed E-state index contributed by atoms with van der Waals surface area (Å²) in [5.74, 6) is 0.115. The summed E-state index contributed by atoms with van der Waals surface area (Å²) in [4.78, 5) is 10.8. The first-order valence-electron chi connectivity index (χ1n) is 3.32. The van der Waals surface area contributed by atoms with Crippen LogP contribution in [0.2, 0.25) is 0 Å². The van der Waals surface area contributed by atoms with Crippen molar-refractivity contribution in [1.29, 1.82) is 0 Å². The lowest BCUT2D eigenvalue weighted by Crippen LogP contribution is -2.28. The minimum atomic E-state index is 0.115. The van der Waals surface area contributed by atoms with Crippen LogP contribution in [0.1, 0.15) is 19.8 Å². The van der Waals surface area contributed by atoms with Gasteiger partial charge in [0.15, 0.2) is 0 Å². The quantitative estimate of drug-likeness (QED) is 0.553. The van der Waals surface area contributed by atoms with Crippen molar-refractivity contribution in [2.75, 3.05) is 6.54 Å². The third-order valence-electron chi connectivity index (χ3n) is 1.49. The second-order valence-electron chi connectivity index (χ2n) is 2.13. The molecule has 1 N–H and O–H groups in total. The summed E-state index contributed by atoms with van der Waals surface area (Å²) in [5.41, 5.74) is 0.932. The Morgan fingerprint density at radius 3 is 3.00 bits per heavy atom. The van der Waals surface area contributed by atoms with Crippen LogP contribution >= 0.6 is 0 Å². The topological polar surface area (TPSA) is 29.1 Å². The molecule has 2 nitrogen and oxygen atoms in total. The molecule has 0 atom stereocenters. The van der Waals surface area contributed by atoms with Crippen LogP contribution in [0.5, 0.6) is 0 Å². The van der Waals surface area contributed by atoms with E-state index in [4.69, 9.17) is 0 Å². The summed E-state index contributed by atoms with van der Waals surface area (Å²) >= 11 is 0. The molecule has 0 unspecified atom stereocenters. The van der Waals surface area contributed by atoms with Crippen LogP contribution in [0.3, 0.4) is 0 Å². The van der Waals surface area contributed by atoms with Crippen LogP contribution in [0.4, 0.5) is 0 Å². The first kappa shape index (κ1) is 6.33. The average Bonchev–Trinajstić information content (AvgIpc) is 1.89. The molecule has 0 aliphatic carbocycles. The number of nitrogens with one attached hydrogen (secondary N) is 1. The maximum Gasteiger partial charge on any atom is 0.246 e. The normalized spacial score (nSPS) is 18.8. The number of carbonyl (C=O) groups excluding carboxylic acids is 1. The summed E-state index contributed by atoms with van der Waals surface area (Å²) in [7, 11) is 0. The van der Waals surface area contributed by atoms with E-state index in [2.05, 4.69) is 5.32 Å². The molecular weight excluding hydrogens is 114 g/mol. The first-order valence-corrected chi connectivity index (χ1v) is 3.32. The van der Waals surface area contributed by atoms with Gasteiger partial charge in [0.1, 0.15) is 0 Å². The monoisotopic (exact) mass is 125 g/mol. The van der Waals surface area contributed by atoms with Crippen molar-refractivity contribution in [2.45, 2.75) is 19.8 Å². The van der Waals surface area contributed by atoms with Gasteiger partial charge in [-0.15, -0.1) is 0 Å². The Kier molecular flexibility index (Phi) is 1.88. The van der Waals surface area contributed by atoms with Crippen molar-refractivity contribution in [3.05, 3.63) is 11.6 Å². The highest BCUT2D eigenvalue weighted by Gasteiger charge is 2.08. The zero-order valence-corrected chi connectivity index (χ0v) is 5.61. The SMILES string of the molecule is CCC1=CCCNC1=O. The standard InChI is InChI=1S/C7H11NO/c1-2-6-4-3-5-8-7(6)9/h4H,2-3,5H2,1H3,(H,8,9). The van der Waals surface area contributed by atoms with Gasteiger partial charge in [0.25, 0.3) is 0 Å². The molecular formula is C7H11NO. The molecule has 50 valence electrons. The number of amides is 1. The van der Waals surface area contributed by atoms with Crippen molar-refractivity contribution in [2.24, 2.45) is 0 Å². The van der Waals surface area contributed by atoms with Crippen LogP contribution in [0.25, 0.3) is 0 Å². The predicted octanol–water partition coefficient (Wildman–Crippen LogP) is 0.843. The molecule has 0 saturated carbocycles.